The first kappa shape index (κ1) is 5.70. The van der Waals surface area contributed by atoms with Crippen LogP contribution < -0.4 is 5.73 Å². The van der Waals surface area contributed by atoms with Crippen LogP contribution in [0.15, 0.2) is 12.2 Å². The molecule has 0 spiro atoms. The SMILES string of the molecule is [CH2]/C=C/CCN. The Hall–Kier alpha value is -0.300. The van der Waals surface area contributed by atoms with Gasteiger partial charge in [0.1, 0.15) is 0 Å². The molecule has 0 aromatic carbocycles. The van der Waals surface area contributed by atoms with Crippen molar-refractivity contribution in [1.29, 1.82) is 0 Å². The maximum Gasteiger partial charge on any atom is -0.00426 e. The van der Waals surface area contributed by atoms with Crippen LogP contribution >= 0.6 is 0 Å². The number of rotatable bonds is 2. The van der Waals surface area contributed by atoms with E-state index < -0.39 is 0 Å². The molecule has 0 aromatic heterocycles. The van der Waals surface area contributed by atoms with Gasteiger partial charge in [-0.25, -0.2) is 0 Å². The molecule has 0 rings (SSSR count). The van der Waals surface area contributed by atoms with Crippen molar-refractivity contribution in [2.45, 2.75) is 6.42 Å². The molecule has 6 heavy (non-hydrogen) atoms. The Labute approximate surface area is 38.8 Å². The van der Waals surface area contributed by atoms with Gasteiger partial charge in [0.05, 0.1) is 0 Å². The standard InChI is InChI=1S/C5H10N/c1-2-3-4-5-6/h2-3H,1,4-6H2/b3-2+. The van der Waals surface area contributed by atoms with E-state index >= 15 is 0 Å². The minimum Gasteiger partial charge on any atom is -0.330 e. The molecule has 0 fully saturated rings. The van der Waals surface area contributed by atoms with E-state index in [2.05, 4.69) is 6.92 Å². The molecule has 0 aliphatic rings. The highest BCUT2D eigenvalue weighted by Gasteiger charge is 1.64. The van der Waals surface area contributed by atoms with Crippen molar-refractivity contribution in [1.82, 2.24) is 0 Å². The number of hydrogen-bond donors (Lipinski definition) is 1. The molecule has 0 heterocycles. The third kappa shape index (κ3) is 3.70. The first-order chi connectivity index (χ1) is 2.91. The lowest BCUT2D eigenvalue weighted by molar-refractivity contribution is 1.01. The molecule has 35 valence electrons. The average Bonchev–Trinajstić information content (AvgIpc) is 1.61. The van der Waals surface area contributed by atoms with Crippen molar-refractivity contribution in [3.63, 3.8) is 0 Å². The van der Waals surface area contributed by atoms with Crippen LogP contribution in [0.2, 0.25) is 0 Å². The second kappa shape index (κ2) is 4.70. The summed E-state index contributed by atoms with van der Waals surface area (Å²) in [6.07, 6.45) is 4.65. The summed E-state index contributed by atoms with van der Waals surface area (Å²) in [5, 5.41) is 0. The van der Waals surface area contributed by atoms with Gasteiger partial charge in [0, 0.05) is 0 Å². The largest absolute Gasteiger partial charge is 0.330 e. The minimum atomic E-state index is 0.728. The second-order valence-electron chi connectivity index (χ2n) is 1.05. The third-order valence-corrected chi connectivity index (χ3v) is 0.500. The minimum absolute atomic E-state index is 0.728. The summed E-state index contributed by atoms with van der Waals surface area (Å²) in [7, 11) is 0. The smallest absolute Gasteiger partial charge is 0.00426 e. The Morgan fingerprint density at radius 1 is 1.67 bits per heavy atom. The van der Waals surface area contributed by atoms with E-state index in [0.717, 1.165) is 13.0 Å². The van der Waals surface area contributed by atoms with E-state index in [-0.39, 0.29) is 0 Å². The van der Waals surface area contributed by atoms with Crippen molar-refractivity contribution >= 4 is 0 Å². The van der Waals surface area contributed by atoms with E-state index in [1.807, 2.05) is 6.08 Å². The number of hydrogen-bond acceptors (Lipinski definition) is 1. The topological polar surface area (TPSA) is 26.0 Å². The van der Waals surface area contributed by atoms with E-state index in [0.29, 0.717) is 0 Å². The monoisotopic (exact) mass is 84.1 g/mol. The lowest BCUT2D eigenvalue weighted by Gasteiger charge is -1.77. The van der Waals surface area contributed by atoms with Gasteiger partial charge in [0.25, 0.3) is 0 Å². The quantitative estimate of drug-likeness (QED) is 0.524. The maximum absolute atomic E-state index is 5.14. The Morgan fingerprint density at radius 3 is 2.50 bits per heavy atom. The molecule has 0 aromatic rings. The van der Waals surface area contributed by atoms with Gasteiger partial charge in [-0.05, 0) is 19.9 Å². The highest BCUT2D eigenvalue weighted by atomic mass is 14.5. The van der Waals surface area contributed by atoms with Crippen molar-refractivity contribution in [2.75, 3.05) is 6.54 Å². The zero-order valence-corrected chi connectivity index (χ0v) is 3.85. The van der Waals surface area contributed by atoms with Crippen LogP contribution in [0, 0.1) is 6.92 Å². The molecule has 1 heteroatoms. The first-order valence-electron chi connectivity index (χ1n) is 2.06. The van der Waals surface area contributed by atoms with Crippen molar-refractivity contribution in [3.05, 3.63) is 19.1 Å². The van der Waals surface area contributed by atoms with Gasteiger partial charge in [-0.2, -0.15) is 0 Å². The molecule has 0 atom stereocenters. The van der Waals surface area contributed by atoms with E-state index in [9.17, 15) is 0 Å². The summed E-state index contributed by atoms with van der Waals surface area (Å²) < 4.78 is 0. The van der Waals surface area contributed by atoms with E-state index in [1.54, 1.807) is 6.08 Å². The lowest BCUT2D eigenvalue weighted by Crippen LogP contribution is -1.94. The van der Waals surface area contributed by atoms with Crippen LogP contribution in [0.4, 0.5) is 0 Å². The summed E-state index contributed by atoms with van der Waals surface area (Å²) in [4.78, 5) is 0. The van der Waals surface area contributed by atoms with E-state index in [1.165, 1.54) is 0 Å². The summed E-state index contributed by atoms with van der Waals surface area (Å²) in [5.41, 5.74) is 5.14. The van der Waals surface area contributed by atoms with Crippen molar-refractivity contribution < 1.29 is 0 Å². The van der Waals surface area contributed by atoms with Crippen LogP contribution in [-0.2, 0) is 0 Å². The van der Waals surface area contributed by atoms with Gasteiger partial charge in [-0.15, -0.1) is 0 Å². The fraction of sp³-hybridized carbons (Fsp3) is 0.400. The van der Waals surface area contributed by atoms with Gasteiger partial charge in [-0.1, -0.05) is 12.2 Å². The molecule has 0 saturated heterocycles. The Kier molecular flexibility index (Phi) is 4.46. The maximum atomic E-state index is 5.14. The van der Waals surface area contributed by atoms with Crippen LogP contribution in [0.25, 0.3) is 0 Å². The molecule has 0 aliphatic heterocycles. The van der Waals surface area contributed by atoms with Gasteiger partial charge < -0.3 is 5.73 Å². The normalized spacial score (nSPS) is 10.3. The highest BCUT2D eigenvalue weighted by molar-refractivity contribution is 4.83. The molecular weight excluding hydrogens is 74.1 g/mol. The summed E-state index contributed by atoms with van der Waals surface area (Å²) in [5.74, 6) is 0. The van der Waals surface area contributed by atoms with Crippen LogP contribution in [-0.4, -0.2) is 6.54 Å². The lowest BCUT2D eigenvalue weighted by atomic mass is 10.4. The summed E-state index contributed by atoms with van der Waals surface area (Å²) in [6, 6.07) is 0. The predicted octanol–water partition coefficient (Wildman–Crippen LogP) is 0.725. The summed E-state index contributed by atoms with van der Waals surface area (Å²) in [6.45, 7) is 4.22. The van der Waals surface area contributed by atoms with Crippen molar-refractivity contribution in [3.8, 4) is 0 Å². The Balaban J connectivity index is 2.66. The molecule has 0 unspecified atom stereocenters. The molecular formula is C5H10N. The highest BCUT2D eigenvalue weighted by Crippen LogP contribution is 1.73. The number of nitrogens with two attached hydrogens (primary N) is 1. The zero-order chi connectivity index (χ0) is 4.83. The fourth-order valence-corrected chi connectivity index (χ4v) is 0.214. The van der Waals surface area contributed by atoms with Crippen LogP contribution in [0.1, 0.15) is 6.42 Å². The molecule has 0 saturated carbocycles. The Morgan fingerprint density at radius 2 is 2.33 bits per heavy atom. The average molecular weight is 84.1 g/mol. The van der Waals surface area contributed by atoms with Crippen molar-refractivity contribution in [2.24, 2.45) is 5.73 Å². The third-order valence-electron chi connectivity index (χ3n) is 0.500. The fourth-order valence-electron chi connectivity index (χ4n) is 0.214. The first-order valence-corrected chi connectivity index (χ1v) is 2.06. The van der Waals surface area contributed by atoms with Crippen LogP contribution in [0.3, 0.4) is 0 Å². The molecule has 1 radical (unpaired) electrons. The zero-order valence-electron chi connectivity index (χ0n) is 3.85. The van der Waals surface area contributed by atoms with Crippen LogP contribution in [0.5, 0.6) is 0 Å². The molecule has 0 bridgehead atoms. The van der Waals surface area contributed by atoms with Gasteiger partial charge in [-0.3, -0.25) is 0 Å². The molecule has 1 nitrogen and oxygen atoms in total. The molecule has 0 aliphatic carbocycles. The molecule has 0 amide bonds. The van der Waals surface area contributed by atoms with Gasteiger partial charge in [0.2, 0.25) is 0 Å². The van der Waals surface area contributed by atoms with E-state index in [4.69, 9.17) is 5.73 Å². The predicted molar refractivity (Wildman–Crippen MR) is 28.2 cm³/mol. The number of allylic oxidation sites excluding steroid dienone is 1. The second-order valence-corrected chi connectivity index (χ2v) is 1.05. The molecule has 2 N–H and O–H groups in total. The van der Waals surface area contributed by atoms with Gasteiger partial charge in [0.15, 0.2) is 0 Å². The summed E-state index contributed by atoms with van der Waals surface area (Å²) >= 11 is 0. The Bertz CT molecular complexity index is 39.2. The van der Waals surface area contributed by atoms with Gasteiger partial charge >= 0.3 is 0 Å².